The van der Waals surface area contributed by atoms with Crippen molar-refractivity contribution in [3.8, 4) is 0 Å². The zero-order chi connectivity index (χ0) is 22.4. The van der Waals surface area contributed by atoms with Crippen molar-refractivity contribution < 1.29 is 14.0 Å². The maximum absolute atomic E-state index is 13.6. The minimum absolute atomic E-state index is 0.107. The molecule has 0 saturated heterocycles. The number of rotatable bonds is 3. The molecule has 1 aromatic heterocycles. The lowest BCUT2D eigenvalue weighted by Crippen LogP contribution is -2.44. The van der Waals surface area contributed by atoms with Crippen LogP contribution < -0.4 is 5.32 Å². The van der Waals surface area contributed by atoms with Gasteiger partial charge in [-0.1, -0.05) is 48.0 Å². The van der Waals surface area contributed by atoms with Crippen LogP contribution in [0, 0.1) is 5.82 Å². The van der Waals surface area contributed by atoms with E-state index in [9.17, 15) is 14.0 Å². The lowest BCUT2D eigenvalue weighted by molar-refractivity contribution is -0.119. The fourth-order valence-corrected chi connectivity index (χ4v) is 4.70. The number of hydrogen-bond donors (Lipinski definition) is 2. The minimum atomic E-state index is -0.700. The molecule has 160 valence electrons. The number of carbonyl (C=O) groups is 2. The number of nitrogens with one attached hydrogen (secondary N) is 2. The van der Waals surface area contributed by atoms with Crippen LogP contribution in [0.4, 0.5) is 10.1 Å². The number of aromatic nitrogens is 1. The first-order valence-electron chi connectivity index (χ1n) is 10.1. The number of carbonyl (C=O) groups excluding carboxylic acids is 2. The molecule has 5 nitrogen and oxygen atoms in total. The lowest BCUT2D eigenvalue weighted by Gasteiger charge is -2.39. The second-order valence-electron chi connectivity index (χ2n) is 7.83. The first kappa shape index (κ1) is 20.3. The minimum Gasteiger partial charge on any atom is -0.361 e. The molecular weight excluding hydrogens is 429 g/mol. The highest BCUT2D eigenvalue weighted by Gasteiger charge is 2.43. The number of para-hydroxylation sites is 1. The zero-order valence-corrected chi connectivity index (χ0v) is 17.9. The molecule has 2 amide bonds. The highest BCUT2D eigenvalue weighted by atomic mass is 35.5. The third kappa shape index (κ3) is 3.24. The summed E-state index contributed by atoms with van der Waals surface area (Å²) in [5, 5.41) is 3.88. The summed E-state index contributed by atoms with van der Waals surface area (Å²) in [6.45, 7) is 0. The van der Waals surface area contributed by atoms with E-state index in [1.165, 1.54) is 12.1 Å². The summed E-state index contributed by atoms with van der Waals surface area (Å²) < 4.78 is 13.5. The molecule has 5 rings (SSSR count). The number of halogens is 2. The largest absolute Gasteiger partial charge is 0.361 e. The van der Waals surface area contributed by atoms with Gasteiger partial charge >= 0.3 is 0 Å². The Kier molecular flexibility index (Phi) is 4.94. The SMILES string of the molecule is CN1C(=O)c2ccccc2[C@@H](C(=O)Nc2ccc(F)cc2Cl)[C@@H]1c1c[nH]c2ccccc12. The Morgan fingerprint density at radius 3 is 2.62 bits per heavy atom. The van der Waals surface area contributed by atoms with Crippen LogP contribution in [-0.2, 0) is 4.79 Å². The van der Waals surface area contributed by atoms with E-state index in [0.29, 0.717) is 16.8 Å². The van der Waals surface area contributed by atoms with E-state index < -0.39 is 17.8 Å². The molecule has 0 bridgehead atoms. The number of amides is 2. The number of benzene rings is 3. The molecule has 0 aliphatic carbocycles. The van der Waals surface area contributed by atoms with Gasteiger partial charge in [0.2, 0.25) is 5.91 Å². The Labute approximate surface area is 188 Å². The zero-order valence-electron chi connectivity index (χ0n) is 17.1. The summed E-state index contributed by atoms with van der Waals surface area (Å²) in [6.07, 6.45) is 1.85. The van der Waals surface area contributed by atoms with Crippen molar-refractivity contribution in [2.24, 2.45) is 0 Å². The van der Waals surface area contributed by atoms with Crippen LogP contribution >= 0.6 is 11.6 Å². The van der Waals surface area contributed by atoms with E-state index in [0.717, 1.165) is 22.5 Å². The van der Waals surface area contributed by atoms with Crippen LogP contribution in [0.3, 0.4) is 0 Å². The molecular formula is C25H19ClFN3O2. The second-order valence-corrected chi connectivity index (χ2v) is 8.24. The van der Waals surface area contributed by atoms with Gasteiger partial charge in [0.05, 0.1) is 22.7 Å². The molecule has 0 spiro atoms. The van der Waals surface area contributed by atoms with Crippen molar-refractivity contribution in [1.29, 1.82) is 0 Å². The number of H-pyrrole nitrogens is 1. The maximum atomic E-state index is 13.6. The van der Waals surface area contributed by atoms with Crippen molar-refractivity contribution in [3.05, 3.63) is 100 Å². The van der Waals surface area contributed by atoms with E-state index in [1.807, 2.05) is 36.5 Å². The van der Waals surface area contributed by atoms with Crippen molar-refractivity contribution >= 4 is 40.0 Å². The first-order valence-corrected chi connectivity index (χ1v) is 10.5. The fourth-order valence-electron chi connectivity index (χ4n) is 4.49. The number of nitrogens with zero attached hydrogens (tertiary/aromatic N) is 1. The molecule has 2 atom stereocenters. The van der Waals surface area contributed by atoms with Crippen molar-refractivity contribution in [2.75, 3.05) is 12.4 Å². The number of anilines is 1. The summed E-state index contributed by atoms with van der Waals surface area (Å²) in [5.74, 6) is -1.67. The van der Waals surface area contributed by atoms with Gasteiger partial charge in [-0.25, -0.2) is 4.39 Å². The number of hydrogen-bond acceptors (Lipinski definition) is 2. The van der Waals surface area contributed by atoms with E-state index in [4.69, 9.17) is 11.6 Å². The average Bonchev–Trinajstić information content (AvgIpc) is 3.21. The predicted octanol–water partition coefficient (Wildman–Crippen LogP) is 5.51. The van der Waals surface area contributed by atoms with Gasteiger partial charge in [-0.3, -0.25) is 9.59 Å². The third-order valence-corrected chi connectivity index (χ3v) is 6.30. The molecule has 2 heterocycles. The summed E-state index contributed by atoms with van der Waals surface area (Å²) in [6, 6.07) is 18.2. The van der Waals surface area contributed by atoms with Crippen LogP contribution in [0.5, 0.6) is 0 Å². The highest BCUT2D eigenvalue weighted by molar-refractivity contribution is 6.33. The Balaban J connectivity index is 1.65. The van der Waals surface area contributed by atoms with Gasteiger partial charge < -0.3 is 15.2 Å². The molecule has 0 fully saturated rings. The summed E-state index contributed by atoms with van der Waals surface area (Å²) in [5.41, 5.74) is 3.20. The predicted molar refractivity (Wildman–Crippen MR) is 122 cm³/mol. The van der Waals surface area contributed by atoms with E-state index in [2.05, 4.69) is 10.3 Å². The van der Waals surface area contributed by atoms with Crippen molar-refractivity contribution in [3.63, 3.8) is 0 Å². The lowest BCUT2D eigenvalue weighted by atomic mass is 9.79. The normalized spacial score (nSPS) is 18.0. The van der Waals surface area contributed by atoms with E-state index in [1.54, 1.807) is 30.1 Å². The Hall–Kier alpha value is -3.64. The topological polar surface area (TPSA) is 65.2 Å². The van der Waals surface area contributed by atoms with Crippen LogP contribution in [0.1, 0.15) is 33.4 Å². The molecule has 0 saturated carbocycles. The van der Waals surface area contributed by atoms with Crippen LogP contribution in [-0.4, -0.2) is 28.7 Å². The quantitative estimate of drug-likeness (QED) is 0.435. The Morgan fingerprint density at radius 1 is 1.06 bits per heavy atom. The monoisotopic (exact) mass is 447 g/mol. The maximum Gasteiger partial charge on any atom is 0.254 e. The van der Waals surface area contributed by atoms with Gasteiger partial charge in [-0.15, -0.1) is 0 Å². The van der Waals surface area contributed by atoms with Gasteiger partial charge in [0.15, 0.2) is 0 Å². The smallest absolute Gasteiger partial charge is 0.254 e. The van der Waals surface area contributed by atoms with Gasteiger partial charge in [-0.05, 0) is 35.9 Å². The van der Waals surface area contributed by atoms with Gasteiger partial charge in [0, 0.05) is 35.3 Å². The number of aromatic amines is 1. The molecule has 3 aromatic carbocycles. The van der Waals surface area contributed by atoms with E-state index >= 15 is 0 Å². The van der Waals surface area contributed by atoms with Crippen molar-refractivity contribution in [2.45, 2.75) is 12.0 Å². The fraction of sp³-hybridized carbons (Fsp3) is 0.120. The van der Waals surface area contributed by atoms with Crippen molar-refractivity contribution in [1.82, 2.24) is 9.88 Å². The standard InChI is InChI=1S/C25H19ClFN3O2/c1-30-23(18-13-28-20-9-5-4-6-15(18)20)22(16-7-2-3-8-17(16)25(30)32)24(31)29-21-11-10-14(27)12-19(21)26/h2-13,22-23,28H,1H3,(H,29,31)/t22-,23+/m1/s1. The summed E-state index contributed by atoms with van der Waals surface area (Å²) in [4.78, 5) is 31.7. The Morgan fingerprint density at radius 2 is 1.81 bits per heavy atom. The first-order chi connectivity index (χ1) is 15.5. The molecule has 1 aliphatic rings. The van der Waals surface area contributed by atoms with Crippen LogP contribution in [0.15, 0.2) is 72.9 Å². The number of fused-ring (bicyclic) bond motifs is 2. The van der Waals surface area contributed by atoms with Crippen LogP contribution in [0.2, 0.25) is 5.02 Å². The highest BCUT2D eigenvalue weighted by Crippen LogP contribution is 2.44. The second kappa shape index (κ2) is 7.80. The summed E-state index contributed by atoms with van der Waals surface area (Å²) in [7, 11) is 1.70. The third-order valence-electron chi connectivity index (χ3n) is 5.99. The summed E-state index contributed by atoms with van der Waals surface area (Å²) >= 11 is 6.15. The molecule has 32 heavy (non-hydrogen) atoms. The Bertz CT molecular complexity index is 1370. The molecule has 2 N–H and O–H groups in total. The van der Waals surface area contributed by atoms with Gasteiger partial charge in [-0.2, -0.15) is 0 Å². The molecule has 0 unspecified atom stereocenters. The average molecular weight is 448 g/mol. The van der Waals surface area contributed by atoms with Gasteiger partial charge in [0.25, 0.3) is 5.91 Å². The molecule has 0 radical (unpaired) electrons. The van der Waals surface area contributed by atoms with Gasteiger partial charge in [0.1, 0.15) is 5.82 Å². The molecule has 4 aromatic rings. The molecule has 7 heteroatoms. The number of likely N-dealkylation sites (N-methyl/N-ethyl adjacent to an activating group) is 1. The van der Waals surface area contributed by atoms with E-state index in [-0.39, 0.29) is 16.8 Å². The van der Waals surface area contributed by atoms with Crippen LogP contribution in [0.25, 0.3) is 10.9 Å². The molecule has 1 aliphatic heterocycles.